The molecule has 4 aromatic rings. The number of fused-ring (bicyclic) bond motifs is 1. The molecule has 1 aliphatic rings. The summed E-state index contributed by atoms with van der Waals surface area (Å²) in [5, 5.41) is 11.1. The van der Waals surface area contributed by atoms with Crippen LogP contribution in [0.5, 0.6) is 0 Å². The fraction of sp³-hybridized carbons (Fsp3) is 0.355. The van der Waals surface area contributed by atoms with Crippen molar-refractivity contribution < 1.29 is 16.1 Å². The van der Waals surface area contributed by atoms with Crippen LogP contribution in [0, 0.1) is 10.1 Å². The van der Waals surface area contributed by atoms with E-state index >= 15 is 0 Å². The number of likely N-dealkylation sites (N-methyl/N-ethyl adjacent to an activating group) is 1. The SMILES string of the molecule is ClCc1ccccc1.O=[N+]([O-])c1ccc(CCl)cc1.[2H]C([2H])(Cc1c[nH]c2ccc(CS(=O)(=O)N3CCCC3)cc12)N(C)C. The zero-order valence-electron chi connectivity index (χ0n) is 25.8. The first-order chi connectivity index (χ1) is 20.9. The monoisotopic (exact) mass is 634 g/mol. The Hall–Kier alpha value is -2.95. The summed E-state index contributed by atoms with van der Waals surface area (Å²) >= 11 is 11.0. The van der Waals surface area contributed by atoms with Gasteiger partial charge in [0.15, 0.2) is 0 Å². The minimum absolute atomic E-state index is 0.00582. The van der Waals surface area contributed by atoms with Crippen LogP contribution in [0.25, 0.3) is 10.9 Å². The van der Waals surface area contributed by atoms with Crippen LogP contribution in [-0.2, 0) is 34.0 Å². The van der Waals surface area contributed by atoms with E-state index in [0.29, 0.717) is 24.8 Å². The quantitative estimate of drug-likeness (QED) is 0.122. The molecule has 226 valence electrons. The van der Waals surface area contributed by atoms with E-state index in [1.807, 2.05) is 54.7 Å². The zero-order chi connectivity index (χ0) is 32.3. The summed E-state index contributed by atoms with van der Waals surface area (Å²) in [5.74, 6) is 0.993. The van der Waals surface area contributed by atoms with E-state index in [1.165, 1.54) is 17.7 Å². The summed E-state index contributed by atoms with van der Waals surface area (Å²) < 4.78 is 42.9. The average Bonchev–Trinajstić information content (AvgIpc) is 3.69. The number of non-ortho nitro benzene ring substituents is 1. The average molecular weight is 636 g/mol. The Balaban J connectivity index is 0.000000227. The predicted molar refractivity (Wildman–Crippen MR) is 173 cm³/mol. The molecular formula is C31H38Cl2N4O4S. The number of rotatable bonds is 9. The Labute approximate surface area is 261 Å². The van der Waals surface area contributed by atoms with Gasteiger partial charge in [-0.05, 0) is 67.7 Å². The lowest BCUT2D eigenvalue weighted by atomic mass is 10.1. The molecular weight excluding hydrogens is 595 g/mol. The van der Waals surface area contributed by atoms with Crippen molar-refractivity contribution in [3.05, 3.63) is 111 Å². The topological polar surface area (TPSA) is 99.5 Å². The van der Waals surface area contributed by atoms with Crippen LogP contribution < -0.4 is 0 Å². The molecule has 0 spiro atoms. The highest BCUT2D eigenvalue weighted by atomic mass is 35.5. The first-order valence-electron chi connectivity index (χ1n) is 14.5. The van der Waals surface area contributed by atoms with Crippen LogP contribution in [0.4, 0.5) is 5.69 Å². The number of sulfonamides is 1. The molecule has 0 aliphatic carbocycles. The molecule has 0 amide bonds. The molecule has 0 bridgehead atoms. The maximum atomic E-state index is 12.5. The molecule has 0 atom stereocenters. The number of nitro benzene ring substituents is 1. The molecule has 1 N–H and O–H groups in total. The number of alkyl halides is 2. The number of halogens is 2. The summed E-state index contributed by atoms with van der Waals surface area (Å²) in [6.07, 6.45) is 3.91. The van der Waals surface area contributed by atoms with Gasteiger partial charge in [0.2, 0.25) is 10.0 Å². The molecule has 11 heteroatoms. The van der Waals surface area contributed by atoms with Crippen molar-refractivity contribution in [1.82, 2.24) is 14.2 Å². The molecule has 5 rings (SSSR count). The van der Waals surface area contributed by atoms with Crippen LogP contribution in [0.2, 0.25) is 0 Å². The maximum Gasteiger partial charge on any atom is 0.269 e. The zero-order valence-corrected chi connectivity index (χ0v) is 26.1. The smallest absolute Gasteiger partial charge is 0.269 e. The Kier molecular flexibility index (Phi) is 12.1. The molecule has 1 saturated heterocycles. The Morgan fingerprint density at radius 2 is 1.55 bits per heavy atom. The van der Waals surface area contributed by atoms with Gasteiger partial charge in [0, 0.05) is 63.3 Å². The van der Waals surface area contributed by atoms with E-state index in [-0.39, 0.29) is 17.9 Å². The molecule has 8 nitrogen and oxygen atoms in total. The first-order valence-corrected chi connectivity index (χ1v) is 16.2. The second kappa shape index (κ2) is 16.6. The number of aryl methyl sites for hydroxylation is 1. The Morgan fingerprint density at radius 3 is 2.10 bits per heavy atom. The highest BCUT2D eigenvalue weighted by Crippen LogP contribution is 2.23. The number of hydrogen-bond donors (Lipinski definition) is 1. The molecule has 0 unspecified atom stereocenters. The van der Waals surface area contributed by atoms with Gasteiger partial charge in [-0.25, -0.2) is 12.7 Å². The van der Waals surface area contributed by atoms with Crippen LogP contribution in [0.15, 0.2) is 79.0 Å². The number of benzene rings is 3. The molecule has 3 aromatic carbocycles. The molecule has 1 fully saturated rings. The standard InChI is InChI=1S/C17H25N3O2S.C7H6ClNO2.C7H7Cl/c1-19(2)10-7-15-12-18-17-6-5-14(11-16(15)17)13-23(21,22)20-8-3-4-9-20;8-5-6-1-3-7(4-2-6)9(10)11;8-6-7-4-2-1-3-5-7/h5-6,11-12,18H,3-4,7-10,13H2,1-2H3;1-4H,5H2;1-5H,6H2/i10D2;;. The fourth-order valence-electron chi connectivity index (χ4n) is 4.25. The van der Waals surface area contributed by atoms with Gasteiger partial charge >= 0.3 is 0 Å². The van der Waals surface area contributed by atoms with E-state index in [9.17, 15) is 18.5 Å². The second-order valence-corrected chi connectivity index (χ2v) is 12.5. The number of nitro groups is 1. The number of aromatic amines is 1. The molecule has 2 heterocycles. The Morgan fingerprint density at radius 1 is 0.952 bits per heavy atom. The predicted octanol–water partition coefficient (Wildman–Crippen LogP) is 6.96. The van der Waals surface area contributed by atoms with Crippen molar-refractivity contribution in [2.24, 2.45) is 0 Å². The fourth-order valence-corrected chi connectivity index (χ4v) is 6.20. The van der Waals surface area contributed by atoms with E-state index < -0.39 is 21.4 Å². The Bertz CT molecular complexity index is 1600. The van der Waals surface area contributed by atoms with Gasteiger partial charge in [0.05, 0.1) is 10.7 Å². The molecule has 0 saturated carbocycles. The summed E-state index contributed by atoms with van der Waals surface area (Å²) in [4.78, 5) is 14.4. The first kappa shape index (κ1) is 30.5. The number of nitrogens with one attached hydrogen (secondary N) is 1. The van der Waals surface area contributed by atoms with E-state index in [1.54, 1.807) is 35.4 Å². The highest BCUT2D eigenvalue weighted by molar-refractivity contribution is 7.88. The van der Waals surface area contributed by atoms with E-state index in [2.05, 4.69) is 4.98 Å². The number of hydrogen-bond acceptors (Lipinski definition) is 5. The van der Waals surface area contributed by atoms with Crippen molar-refractivity contribution in [2.75, 3.05) is 33.7 Å². The lowest BCUT2D eigenvalue weighted by molar-refractivity contribution is -0.384. The van der Waals surface area contributed by atoms with Crippen molar-refractivity contribution >= 4 is 49.8 Å². The van der Waals surface area contributed by atoms with Crippen molar-refractivity contribution in [3.63, 3.8) is 0 Å². The number of H-pyrrole nitrogens is 1. The normalized spacial score (nSPS) is 14.4. The number of nitrogens with zero attached hydrogens (tertiary/aromatic N) is 3. The summed E-state index contributed by atoms with van der Waals surface area (Å²) in [5.41, 5.74) is 4.65. The van der Waals surface area contributed by atoms with Gasteiger partial charge in [-0.15, -0.1) is 23.2 Å². The minimum atomic E-state index is -3.29. The van der Waals surface area contributed by atoms with Crippen LogP contribution >= 0.6 is 23.2 Å². The molecule has 42 heavy (non-hydrogen) atoms. The number of aromatic nitrogens is 1. The summed E-state index contributed by atoms with van der Waals surface area (Å²) in [7, 11) is 0.137. The van der Waals surface area contributed by atoms with Gasteiger partial charge < -0.3 is 9.88 Å². The van der Waals surface area contributed by atoms with Crippen LogP contribution in [0.1, 0.15) is 37.8 Å². The van der Waals surface area contributed by atoms with Crippen LogP contribution in [-0.4, -0.2) is 61.2 Å². The van der Waals surface area contributed by atoms with Crippen LogP contribution in [0.3, 0.4) is 0 Å². The van der Waals surface area contributed by atoms with Gasteiger partial charge in [0.1, 0.15) is 0 Å². The maximum absolute atomic E-state index is 12.5. The van der Waals surface area contributed by atoms with Gasteiger partial charge in [-0.1, -0.05) is 48.5 Å². The minimum Gasteiger partial charge on any atom is -0.361 e. The van der Waals surface area contributed by atoms with E-state index in [0.717, 1.165) is 40.4 Å². The van der Waals surface area contributed by atoms with Crippen molar-refractivity contribution in [1.29, 1.82) is 0 Å². The highest BCUT2D eigenvalue weighted by Gasteiger charge is 2.25. The summed E-state index contributed by atoms with van der Waals surface area (Å²) in [6, 6.07) is 21.7. The van der Waals surface area contributed by atoms with Gasteiger partial charge in [-0.2, -0.15) is 0 Å². The van der Waals surface area contributed by atoms with Crippen molar-refractivity contribution in [3.8, 4) is 0 Å². The lowest BCUT2D eigenvalue weighted by Gasteiger charge is -2.15. The van der Waals surface area contributed by atoms with Crippen molar-refractivity contribution in [2.45, 2.75) is 36.8 Å². The second-order valence-electron chi connectivity index (χ2n) is 9.96. The third kappa shape index (κ3) is 10.4. The summed E-state index contributed by atoms with van der Waals surface area (Å²) in [6.45, 7) is -0.237. The van der Waals surface area contributed by atoms with E-state index in [4.69, 9.17) is 25.9 Å². The third-order valence-corrected chi connectivity index (χ3v) is 8.99. The van der Waals surface area contributed by atoms with Gasteiger partial charge in [-0.3, -0.25) is 10.1 Å². The third-order valence-electron chi connectivity index (χ3n) is 6.52. The molecule has 0 radical (unpaired) electrons. The molecule has 1 aliphatic heterocycles. The van der Waals surface area contributed by atoms with Gasteiger partial charge in [0.25, 0.3) is 5.69 Å². The largest absolute Gasteiger partial charge is 0.361 e. The lowest BCUT2D eigenvalue weighted by Crippen LogP contribution is -2.29. The molecule has 1 aromatic heterocycles.